The lowest BCUT2D eigenvalue weighted by molar-refractivity contribution is -0.121. The quantitative estimate of drug-likeness (QED) is 0.663. The number of piperazine rings is 1. The minimum atomic E-state index is -3.88. The van der Waals surface area contributed by atoms with E-state index in [1.165, 1.54) is 16.4 Å². The van der Waals surface area contributed by atoms with Crippen LogP contribution in [0, 0.1) is 6.92 Å². The zero-order valence-electron chi connectivity index (χ0n) is 18.3. The topological polar surface area (TPSA) is 108 Å². The van der Waals surface area contributed by atoms with E-state index >= 15 is 0 Å². The second-order valence-corrected chi connectivity index (χ2v) is 10.4. The molecular weight excluding hydrogens is 468 g/mol. The number of hydrogen-bond acceptors (Lipinski definition) is 6. The van der Waals surface area contributed by atoms with Gasteiger partial charge in [-0.2, -0.15) is 4.31 Å². The van der Waals surface area contributed by atoms with Gasteiger partial charge in [0.15, 0.2) is 6.61 Å². The van der Waals surface area contributed by atoms with Crippen LogP contribution in [0.15, 0.2) is 41.3 Å². The number of sulfonamides is 1. The molecule has 2 aromatic carbocycles. The highest BCUT2D eigenvalue weighted by Gasteiger charge is 2.34. The van der Waals surface area contributed by atoms with Gasteiger partial charge in [0, 0.05) is 37.9 Å². The molecule has 0 spiro atoms. The van der Waals surface area contributed by atoms with Gasteiger partial charge in [0.25, 0.3) is 5.91 Å². The lowest BCUT2D eigenvalue weighted by Crippen LogP contribution is -2.53. The second kappa shape index (κ2) is 9.30. The first-order valence-electron chi connectivity index (χ1n) is 10.5. The molecule has 1 atom stereocenters. The standard InChI is InChI=1S/C22H25ClN4O5S/c1-14-4-3-5-16(10-14)24-22(29)15(2)26-6-8-27(9-7-26)33(30,31)20-12-19-18(11-17(20)23)25-21(28)13-32-19/h3-5,10-12,15H,6-9,13H2,1-2H3,(H,24,29)(H,25,28)/t15-/m1/s1. The molecule has 33 heavy (non-hydrogen) atoms. The summed E-state index contributed by atoms with van der Waals surface area (Å²) in [6.07, 6.45) is 0. The molecule has 0 bridgehead atoms. The molecule has 2 aliphatic heterocycles. The number of ether oxygens (including phenoxy) is 1. The van der Waals surface area contributed by atoms with E-state index in [0.717, 1.165) is 11.3 Å². The van der Waals surface area contributed by atoms with Crippen LogP contribution in [0.3, 0.4) is 0 Å². The number of benzene rings is 2. The van der Waals surface area contributed by atoms with Crippen molar-refractivity contribution in [1.82, 2.24) is 9.21 Å². The van der Waals surface area contributed by atoms with Gasteiger partial charge < -0.3 is 15.4 Å². The number of carbonyl (C=O) groups excluding carboxylic acids is 2. The van der Waals surface area contributed by atoms with Crippen LogP contribution in [-0.4, -0.2) is 68.3 Å². The summed E-state index contributed by atoms with van der Waals surface area (Å²) in [6, 6.07) is 9.87. The molecule has 0 aliphatic carbocycles. The minimum Gasteiger partial charge on any atom is -0.482 e. The molecule has 2 amide bonds. The Kier molecular flexibility index (Phi) is 6.62. The fourth-order valence-corrected chi connectivity index (χ4v) is 5.82. The van der Waals surface area contributed by atoms with Crippen LogP contribution in [-0.2, 0) is 19.6 Å². The Morgan fingerprint density at radius 3 is 2.61 bits per heavy atom. The molecule has 2 aliphatic rings. The normalized spacial score (nSPS) is 18.1. The maximum Gasteiger partial charge on any atom is 0.262 e. The number of nitrogens with one attached hydrogen (secondary N) is 2. The van der Waals surface area contributed by atoms with Crippen molar-refractivity contribution in [2.75, 3.05) is 43.4 Å². The Bertz CT molecular complexity index is 1200. The van der Waals surface area contributed by atoms with Crippen molar-refractivity contribution in [3.8, 4) is 5.75 Å². The van der Waals surface area contributed by atoms with Crippen molar-refractivity contribution in [2.45, 2.75) is 24.8 Å². The Hall–Kier alpha value is -2.66. The van der Waals surface area contributed by atoms with Crippen LogP contribution < -0.4 is 15.4 Å². The molecule has 11 heteroatoms. The molecule has 1 saturated heterocycles. The fourth-order valence-electron chi connectivity index (χ4n) is 3.88. The molecule has 2 heterocycles. The molecule has 176 valence electrons. The molecule has 2 aromatic rings. The second-order valence-electron chi connectivity index (χ2n) is 8.09. The number of amides is 2. The van der Waals surface area contributed by atoms with Crippen LogP contribution in [0.25, 0.3) is 0 Å². The van der Waals surface area contributed by atoms with Crippen LogP contribution in [0.5, 0.6) is 5.75 Å². The van der Waals surface area contributed by atoms with Gasteiger partial charge in [-0.15, -0.1) is 0 Å². The maximum absolute atomic E-state index is 13.2. The van der Waals surface area contributed by atoms with Gasteiger partial charge in [-0.1, -0.05) is 23.7 Å². The summed E-state index contributed by atoms with van der Waals surface area (Å²) in [4.78, 5) is 26.0. The van der Waals surface area contributed by atoms with Crippen LogP contribution in [0.1, 0.15) is 12.5 Å². The van der Waals surface area contributed by atoms with Crippen molar-refractivity contribution < 1.29 is 22.7 Å². The molecule has 0 unspecified atom stereocenters. The van der Waals surface area contributed by atoms with E-state index in [9.17, 15) is 18.0 Å². The molecule has 1 fully saturated rings. The third-order valence-electron chi connectivity index (χ3n) is 5.77. The Morgan fingerprint density at radius 1 is 1.18 bits per heavy atom. The van der Waals surface area contributed by atoms with E-state index in [4.69, 9.17) is 16.3 Å². The highest BCUT2D eigenvalue weighted by atomic mass is 35.5. The molecule has 0 radical (unpaired) electrons. The summed E-state index contributed by atoms with van der Waals surface area (Å²) >= 11 is 6.25. The predicted octanol–water partition coefficient (Wildman–Crippen LogP) is 2.31. The molecule has 4 rings (SSSR count). The van der Waals surface area contributed by atoms with Gasteiger partial charge in [-0.3, -0.25) is 14.5 Å². The first kappa shape index (κ1) is 23.5. The van der Waals surface area contributed by atoms with Crippen molar-refractivity contribution in [3.63, 3.8) is 0 Å². The highest BCUT2D eigenvalue weighted by Crippen LogP contribution is 2.37. The van der Waals surface area contributed by atoms with Gasteiger partial charge in [-0.25, -0.2) is 8.42 Å². The third-order valence-corrected chi connectivity index (χ3v) is 8.13. The predicted molar refractivity (Wildman–Crippen MR) is 125 cm³/mol. The molecule has 9 nitrogen and oxygen atoms in total. The van der Waals surface area contributed by atoms with Gasteiger partial charge in [-0.05, 0) is 37.6 Å². The molecule has 2 N–H and O–H groups in total. The number of hydrogen-bond donors (Lipinski definition) is 2. The van der Waals surface area contributed by atoms with Gasteiger partial charge >= 0.3 is 0 Å². The van der Waals surface area contributed by atoms with Gasteiger partial charge in [0.2, 0.25) is 15.9 Å². The Balaban J connectivity index is 1.42. The van der Waals surface area contributed by atoms with Crippen molar-refractivity contribution in [3.05, 3.63) is 47.0 Å². The molecule has 0 aromatic heterocycles. The van der Waals surface area contributed by atoms with E-state index < -0.39 is 16.1 Å². The lowest BCUT2D eigenvalue weighted by atomic mass is 10.2. The maximum atomic E-state index is 13.2. The summed E-state index contributed by atoms with van der Waals surface area (Å²) in [5.41, 5.74) is 2.12. The van der Waals surface area contributed by atoms with Crippen molar-refractivity contribution in [2.24, 2.45) is 0 Å². The summed E-state index contributed by atoms with van der Waals surface area (Å²) in [5.74, 6) is -0.211. The first-order chi connectivity index (χ1) is 15.6. The number of aryl methyl sites for hydroxylation is 1. The average molecular weight is 493 g/mol. The monoisotopic (exact) mass is 492 g/mol. The summed E-state index contributed by atoms with van der Waals surface area (Å²) in [7, 11) is -3.88. The van der Waals surface area contributed by atoms with Gasteiger partial charge in [0.1, 0.15) is 10.6 Å². The van der Waals surface area contributed by atoms with Gasteiger partial charge in [0.05, 0.1) is 16.8 Å². The fraction of sp³-hybridized carbons (Fsp3) is 0.364. The third kappa shape index (κ3) is 4.98. The average Bonchev–Trinajstić information content (AvgIpc) is 2.78. The number of nitrogens with zero attached hydrogens (tertiary/aromatic N) is 2. The van der Waals surface area contributed by atoms with E-state index in [1.807, 2.05) is 36.1 Å². The zero-order chi connectivity index (χ0) is 23.8. The van der Waals surface area contributed by atoms with Crippen molar-refractivity contribution >= 4 is 44.8 Å². The van der Waals surface area contributed by atoms with Crippen LogP contribution >= 0.6 is 11.6 Å². The van der Waals surface area contributed by atoms with Crippen LogP contribution in [0.4, 0.5) is 11.4 Å². The Labute approximate surface area is 197 Å². The molecular formula is C22H25ClN4O5S. The van der Waals surface area contributed by atoms with Crippen molar-refractivity contribution in [1.29, 1.82) is 0 Å². The molecule has 0 saturated carbocycles. The van der Waals surface area contributed by atoms with Crippen LogP contribution in [0.2, 0.25) is 5.02 Å². The van der Waals surface area contributed by atoms with E-state index in [0.29, 0.717) is 18.8 Å². The number of fused-ring (bicyclic) bond motifs is 1. The highest BCUT2D eigenvalue weighted by molar-refractivity contribution is 7.89. The summed E-state index contributed by atoms with van der Waals surface area (Å²) in [6.45, 7) is 4.81. The van der Waals surface area contributed by atoms with E-state index in [2.05, 4.69) is 10.6 Å². The SMILES string of the molecule is Cc1cccc(NC(=O)[C@@H](C)N2CCN(S(=O)(=O)c3cc4c(cc3Cl)NC(=O)CO4)CC2)c1. The first-order valence-corrected chi connectivity index (χ1v) is 12.3. The summed E-state index contributed by atoms with van der Waals surface area (Å²) in [5, 5.41) is 5.53. The Morgan fingerprint density at radius 2 is 1.91 bits per heavy atom. The largest absolute Gasteiger partial charge is 0.482 e. The summed E-state index contributed by atoms with van der Waals surface area (Å²) < 4.78 is 33.2. The number of rotatable bonds is 5. The number of carbonyl (C=O) groups is 2. The number of halogens is 1. The van der Waals surface area contributed by atoms with E-state index in [-0.39, 0.29) is 47.2 Å². The number of anilines is 2. The lowest BCUT2D eigenvalue weighted by Gasteiger charge is -2.37. The van der Waals surface area contributed by atoms with E-state index in [1.54, 1.807) is 6.92 Å². The zero-order valence-corrected chi connectivity index (χ0v) is 19.9. The smallest absolute Gasteiger partial charge is 0.262 e. The minimum absolute atomic E-state index is 0.00730.